The van der Waals surface area contributed by atoms with Crippen LogP contribution in [0.1, 0.15) is 5.56 Å². The highest BCUT2D eigenvalue weighted by Gasteiger charge is 2.05. The van der Waals surface area contributed by atoms with Gasteiger partial charge in [0.25, 0.3) is 5.56 Å². The van der Waals surface area contributed by atoms with Crippen LogP contribution in [0.15, 0.2) is 50.3 Å². The molecule has 0 N–H and O–H groups in total. The number of aromatic nitrogens is 1. The Morgan fingerprint density at radius 1 is 1.12 bits per heavy atom. The smallest absolute Gasteiger partial charge is 0.255 e. The predicted octanol–water partition coefficient (Wildman–Crippen LogP) is 3.67. The summed E-state index contributed by atoms with van der Waals surface area (Å²) in [6.45, 7) is 1.96. The largest absolute Gasteiger partial charge is 0.283 e. The van der Waals surface area contributed by atoms with Crippen LogP contribution in [0.4, 0.5) is 0 Å². The number of nitrogens with zero attached hydrogens (tertiary/aromatic N) is 1. The molecule has 0 atom stereocenters. The van der Waals surface area contributed by atoms with Gasteiger partial charge in [0.2, 0.25) is 0 Å². The first kappa shape index (κ1) is 11.6. The second kappa shape index (κ2) is 4.55. The Morgan fingerprint density at radius 3 is 2.62 bits per heavy atom. The minimum absolute atomic E-state index is 0.0376. The van der Waals surface area contributed by atoms with Crippen molar-refractivity contribution < 1.29 is 0 Å². The maximum Gasteiger partial charge on any atom is 0.255 e. The molecular formula is C12H9Br2NO. The van der Waals surface area contributed by atoms with Gasteiger partial charge in [0.1, 0.15) is 0 Å². The van der Waals surface area contributed by atoms with Crippen molar-refractivity contribution in [1.82, 2.24) is 4.57 Å². The molecule has 0 radical (unpaired) electrons. The highest BCUT2D eigenvalue weighted by molar-refractivity contribution is 9.11. The molecule has 2 aromatic rings. The van der Waals surface area contributed by atoms with Gasteiger partial charge in [-0.1, -0.05) is 22.0 Å². The van der Waals surface area contributed by atoms with Crippen LogP contribution in [0, 0.1) is 6.92 Å². The second-order valence-corrected chi connectivity index (χ2v) is 5.28. The Kier molecular flexibility index (Phi) is 3.30. The molecule has 1 aromatic carbocycles. The molecule has 2 nitrogen and oxygen atoms in total. The van der Waals surface area contributed by atoms with Gasteiger partial charge in [-0.25, -0.2) is 0 Å². The van der Waals surface area contributed by atoms with Gasteiger partial charge < -0.3 is 0 Å². The van der Waals surface area contributed by atoms with Gasteiger partial charge >= 0.3 is 0 Å². The number of pyridine rings is 1. The second-order valence-electron chi connectivity index (χ2n) is 3.51. The van der Waals surface area contributed by atoms with Gasteiger partial charge in [0.05, 0.1) is 5.69 Å². The van der Waals surface area contributed by atoms with Crippen molar-refractivity contribution in [1.29, 1.82) is 0 Å². The van der Waals surface area contributed by atoms with Crippen LogP contribution in [0.25, 0.3) is 5.69 Å². The molecule has 16 heavy (non-hydrogen) atoms. The zero-order valence-corrected chi connectivity index (χ0v) is 11.7. The summed E-state index contributed by atoms with van der Waals surface area (Å²) in [6.07, 6.45) is 1.83. The van der Waals surface area contributed by atoms with Crippen molar-refractivity contribution in [3.05, 3.63) is 61.4 Å². The van der Waals surface area contributed by atoms with Gasteiger partial charge in [-0.15, -0.1) is 0 Å². The highest BCUT2D eigenvalue weighted by atomic mass is 79.9. The van der Waals surface area contributed by atoms with Crippen molar-refractivity contribution in [3.8, 4) is 5.69 Å². The first-order valence-electron chi connectivity index (χ1n) is 4.72. The summed E-state index contributed by atoms with van der Waals surface area (Å²) in [4.78, 5) is 11.8. The van der Waals surface area contributed by atoms with E-state index in [4.69, 9.17) is 0 Å². The molecule has 1 heterocycles. The van der Waals surface area contributed by atoms with Crippen molar-refractivity contribution in [2.75, 3.05) is 0 Å². The summed E-state index contributed by atoms with van der Waals surface area (Å²) in [5.41, 5.74) is 1.85. The molecule has 0 saturated heterocycles. The molecule has 82 valence electrons. The average Bonchev–Trinajstić information content (AvgIpc) is 2.25. The number of benzene rings is 1. The average molecular weight is 343 g/mol. The molecule has 4 heteroatoms. The summed E-state index contributed by atoms with van der Waals surface area (Å²) in [5.74, 6) is 0. The topological polar surface area (TPSA) is 22.0 Å². The first-order chi connectivity index (χ1) is 7.58. The predicted molar refractivity (Wildman–Crippen MR) is 72.2 cm³/mol. The summed E-state index contributed by atoms with van der Waals surface area (Å²) in [6, 6.07) is 9.13. The van der Waals surface area contributed by atoms with Crippen LogP contribution in [0.5, 0.6) is 0 Å². The van der Waals surface area contributed by atoms with Crippen LogP contribution in [-0.4, -0.2) is 4.57 Å². The fourth-order valence-electron chi connectivity index (χ4n) is 1.45. The van der Waals surface area contributed by atoms with E-state index < -0.39 is 0 Å². The minimum atomic E-state index is -0.0376. The van der Waals surface area contributed by atoms with E-state index in [9.17, 15) is 4.79 Å². The maximum absolute atomic E-state index is 11.8. The number of hydrogen-bond donors (Lipinski definition) is 0. The van der Waals surface area contributed by atoms with E-state index in [0.29, 0.717) is 0 Å². The Bertz CT molecular complexity index is 590. The van der Waals surface area contributed by atoms with E-state index in [2.05, 4.69) is 31.9 Å². The first-order valence-corrected chi connectivity index (χ1v) is 6.31. The molecule has 0 spiro atoms. The quantitative estimate of drug-likeness (QED) is 0.775. The lowest BCUT2D eigenvalue weighted by atomic mass is 10.2. The van der Waals surface area contributed by atoms with Crippen LogP contribution in [0.2, 0.25) is 0 Å². The highest BCUT2D eigenvalue weighted by Crippen LogP contribution is 2.24. The van der Waals surface area contributed by atoms with E-state index in [0.717, 1.165) is 20.2 Å². The molecule has 0 bridgehead atoms. The molecule has 0 amide bonds. The van der Waals surface area contributed by atoms with Crippen molar-refractivity contribution >= 4 is 31.9 Å². The lowest BCUT2D eigenvalue weighted by Gasteiger charge is -2.09. The fourth-order valence-corrected chi connectivity index (χ4v) is 2.24. The summed E-state index contributed by atoms with van der Waals surface area (Å²) < 4.78 is 3.46. The normalized spacial score (nSPS) is 10.4. The van der Waals surface area contributed by atoms with Crippen molar-refractivity contribution in [3.63, 3.8) is 0 Å². The standard InChI is InChI=1S/C12H9Br2NO/c1-8-2-5-12(16)15(7-8)11-6-9(13)3-4-10(11)14/h2-7H,1H3. The third kappa shape index (κ3) is 2.28. The molecule has 0 unspecified atom stereocenters. The van der Waals surface area contributed by atoms with Crippen LogP contribution in [0.3, 0.4) is 0 Å². The van der Waals surface area contributed by atoms with E-state index in [1.807, 2.05) is 37.4 Å². The van der Waals surface area contributed by atoms with E-state index in [1.54, 1.807) is 10.6 Å². The van der Waals surface area contributed by atoms with Gasteiger partial charge in [-0.3, -0.25) is 9.36 Å². The molecule has 0 aliphatic rings. The minimum Gasteiger partial charge on any atom is -0.283 e. The summed E-state index contributed by atoms with van der Waals surface area (Å²) >= 11 is 6.85. The lowest BCUT2D eigenvalue weighted by Crippen LogP contribution is -2.16. The summed E-state index contributed by atoms with van der Waals surface area (Å²) in [5, 5.41) is 0. The van der Waals surface area contributed by atoms with E-state index >= 15 is 0 Å². The molecule has 0 aliphatic carbocycles. The Balaban J connectivity index is 2.71. The Morgan fingerprint density at radius 2 is 1.88 bits per heavy atom. The zero-order valence-electron chi connectivity index (χ0n) is 8.58. The summed E-state index contributed by atoms with van der Waals surface area (Å²) in [7, 11) is 0. The van der Waals surface area contributed by atoms with E-state index in [-0.39, 0.29) is 5.56 Å². The van der Waals surface area contributed by atoms with E-state index in [1.165, 1.54) is 0 Å². The maximum atomic E-state index is 11.8. The Labute approximate surface area is 110 Å². The van der Waals surface area contributed by atoms with Crippen LogP contribution >= 0.6 is 31.9 Å². The molecule has 0 aliphatic heterocycles. The van der Waals surface area contributed by atoms with Crippen LogP contribution < -0.4 is 5.56 Å². The number of aryl methyl sites for hydroxylation is 1. The Hall–Kier alpha value is -0.870. The molecular weight excluding hydrogens is 334 g/mol. The van der Waals surface area contributed by atoms with Crippen molar-refractivity contribution in [2.24, 2.45) is 0 Å². The number of halogens is 2. The molecule has 0 fully saturated rings. The lowest BCUT2D eigenvalue weighted by molar-refractivity contribution is 0.969. The van der Waals surface area contributed by atoms with Gasteiger partial charge in [0, 0.05) is 21.2 Å². The molecule has 0 saturated carbocycles. The molecule has 1 aromatic heterocycles. The number of hydrogen-bond acceptors (Lipinski definition) is 1. The fraction of sp³-hybridized carbons (Fsp3) is 0.0833. The third-order valence-corrected chi connectivity index (χ3v) is 3.39. The van der Waals surface area contributed by atoms with Gasteiger partial charge in [0.15, 0.2) is 0 Å². The van der Waals surface area contributed by atoms with Crippen molar-refractivity contribution in [2.45, 2.75) is 6.92 Å². The number of rotatable bonds is 1. The van der Waals surface area contributed by atoms with Gasteiger partial charge in [-0.05, 0) is 46.6 Å². The zero-order chi connectivity index (χ0) is 11.7. The van der Waals surface area contributed by atoms with Crippen LogP contribution in [-0.2, 0) is 0 Å². The SMILES string of the molecule is Cc1ccc(=O)n(-c2cc(Br)ccc2Br)c1. The monoisotopic (exact) mass is 341 g/mol. The third-order valence-electron chi connectivity index (χ3n) is 2.23. The van der Waals surface area contributed by atoms with Gasteiger partial charge in [-0.2, -0.15) is 0 Å². The molecule has 2 rings (SSSR count).